The number of ether oxygens (including phenoxy) is 1. The van der Waals surface area contributed by atoms with E-state index in [0.717, 1.165) is 25.3 Å². The van der Waals surface area contributed by atoms with Gasteiger partial charge in [0.2, 0.25) is 0 Å². The highest BCUT2D eigenvalue weighted by Gasteiger charge is 2.40. The number of rotatable bonds is 8. The molecule has 2 heteroatoms. The van der Waals surface area contributed by atoms with Crippen LogP contribution in [0.3, 0.4) is 0 Å². The molecule has 1 saturated carbocycles. The van der Waals surface area contributed by atoms with Crippen molar-refractivity contribution in [2.75, 3.05) is 13.2 Å². The Balaban J connectivity index is 2.17. The topological polar surface area (TPSA) is 21.3 Å². The molecule has 0 spiro atoms. The van der Waals surface area contributed by atoms with Gasteiger partial charge in [-0.05, 0) is 55.3 Å². The van der Waals surface area contributed by atoms with Crippen LogP contribution in [0.2, 0.25) is 0 Å². The van der Waals surface area contributed by atoms with Crippen LogP contribution in [0.1, 0.15) is 70.9 Å². The molecule has 0 heterocycles. The van der Waals surface area contributed by atoms with Gasteiger partial charge in [0, 0.05) is 6.04 Å². The van der Waals surface area contributed by atoms with Gasteiger partial charge in [-0.3, -0.25) is 0 Å². The fraction of sp³-hybridized carbons (Fsp3) is 0.684. The molecule has 21 heavy (non-hydrogen) atoms. The van der Waals surface area contributed by atoms with Gasteiger partial charge in [0.1, 0.15) is 5.75 Å². The van der Waals surface area contributed by atoms with Crippen LogP contribution in [0.5, 0.6) is 5.75 Å². The molecule has 118 valence electrons. The lowest BCUT2D eigenvalue weighted by atomic mass is 9.73. The van der Waals surface area contributed by atoms with E-state index in [1.807, 2.05) is 0 Å². The second kappa shape index (κ2) is 7.84. The maximum Gasteiger partial charge on any atom is 0.119 e. The van der Waals surface area contributed by atoms with Crippen molar-refractivity contribution in [1.29, 1.82) is 0 Å². The molecule has 1 N–H and O–H groups in total. The molecule has 0 amide bonds. The lowest BCUT2D eigenvalue weighted by molar-refractivity contribution is 0.189. The van der Waals surface area contributed by atoms with Crippen LogP contribution in [0, 0.1) is 5.41 Å². The molecule has 0 aliphatic heterocycles. The average molecular weight is 289 g/mol. The summed E-state index contributed by atoms with van der Waals surface area (Å²) in [4.78, 5) is 0. The van der Waals surface area contributed by atoms with Crippen LogP contribution < -0.4 is 10.1 Å². The Bertz CT molecular complexity index is 406. The highest BCUT2D eigenvalue weighted by molar-refractivity contribution is 5.30. The molecule has 1 aromatic rings. The third kappa shape index (κ3) is 3.79. The van der Waals surface area contributed by atoms with Crippen molar-refractivity contribution in [3.8, 4) is 5.75 Å². The van der Waals surface area contributed by atoms with Crippen molar-refractivity contribution in [2.24, 2.45) is 5.41 Å². The quantitative estimate of drug-likeness (QED) is 0.719. The van der Waals surface area contributed by atoms with E-state index in [0.29, 0.717) is 11.5 Å². The molecule has 0 bridgehead atoms. The molecule has 0 radical (unpaired) electrons. The van der Waals surface area contributed by atoms with E-state index in [1.54, 1.807) is 0 Å². The zero-order chi connectivity index (χ0) is 15.1. The Hall–Kier alpha value is -1.02. The van der Waals surface area contributed by atoms with Crippen LogP contribution in [0.4, 0.5) is 0 Å². The number of benzene rings is 1. The summed E-state index contributed by atoms with van der Waals surface area (Å²) in [5.41, 5.74) is 1.87. The van der Waals surface area contributed by atoms with E-state index >= 15 is 0 Å². The smallest absolute Gasteiger partial charge is 0.119 e. The molecule has 1 unspecified atom stereocenters. The van der Waals surface area contributed by atoms with E-state index in [2.05, 4.69) is 50.4 Å². The largest absolute Gasteiger partial charge is 0.494 e. The number of nitrogens with one attached hydrogen (secondary N) is 1. The van der Waals surface area contributed by atoms with Crippen molar-refractivity contribution in [3.63, 3.8) is 0 Å². The van der Waals surface area contributed by atoms with Gasteiger partial charge in [-0.1, -0.05) is 45.7 Å². The van der Waals surface area contributed by atoms with Gasteiger partial charge >= 0.3 is 0 Å². The fourth-order valence-electron chi connectivity index (χ4n) is 3.79. The average Bonchev–Trinajstić information content (AvgIpc) is 3.01. The standard InChI is InChI=1S/C19H31NO/c1-4-15-21-17-11-9-16(10-12-17)18(20-6-3)19(5-2)13-7-8-14-19/h9-12,18,20H,4-8,13-15H2,1-3H3. The first-order valence-corrected chi connectivity index (χ1v) is 8.72. The Labute approximate surface area is 130 Å². The minimum atomic E-state index is 0.446. The van der Waals surface area contributed by atoms with Crippen molar-refractivity contribution in [2.45, 2.75) is 65.3 Å². The van der Waals surface area contributed by atoms with Crippen molar-refractivity contribution in [3.05, 3.63) is 29.8 Å². The highest BCUT2D eigenvalue weighted by atomic mass is 16.5. The van der Waals surface area contributed by atoms with Gasteiger partial charge in [0.05, 0.1) is 6.61 Å². The Morgan fingerprint density at radius 1 is 1.10 bits per heavy atom. The van der Waals surface area contributed by atoms with E-state index in [-0.39, 0.29) is 0 Å². The molecule has 0 saturated heterocycles. The van der Waals surface area contributed by atoms with Crippen molar-refractivity contribution < 1.29 is 4.74 Å². The molecule has 2 nitrogen and oxygen atoms in total. The summed E-state index contributed by atoms with van der Waals surface area (Å²) in [6, 6.07) is 9.26. The second-order valence-corrected chi connectivity index (χ2v) is 6.33. The lowest BCUT2D eigenvalue weighted by Gasteiger charge is -2.38. The summed E-state index contributed by atoms with van der Waals surface area (Å²) >= 11 is 0. The normalized spacial score (nSPS) is 18.6. The summed E-state index contributed by atoms with van der Waals surface area (Å²) in [5.74, 6) is 0.993. The Morgan fingerprint density at radius 2 is 1.76 bits per heavy atom. The molecule has 1 aliphatic rings. The van der Waals surface area contributed by atoms with E-state index in [4.69, 9.17) is 4.74 Å². The molecular weight excluding hydrogens is 258 g/mol. The van der Waals surface area contributed by atoms with Crippen LogP contribution in [0.15, 0.2) is 24.3 Å². The zero-order valence-corrected chi connectivity index (χ0v) is 14.0. The van der Waals surface area contributed by atoms with Crippen LogP contribution in [-0.2, 0) is 0 Å². The summed E-state index contributed by atoms with van der Waals surface area (Å²) in [6.07, 6.45) is 7.80. The van der Waals surface area contributed by atoms with E-state index < -0.39 is 0 Å². The number of hydrogen-bond donors (Lipinski definition) is 1. The van der Waals surface area contributed by atoms with Crippen LogP contribution >= 0.6 is 0 Å². The van der Waals surface area contributed by atoms with Crippen LogP contribution in [-0.4, -0.2) is 13.2 Å². The molecule has 2 rings (SSSR count). The summed E-state index contributed by atoms with van der Waals surface area (Å²) in [6.45, 7) is 8.54. The first-order chi connectivity index (χ1) is 10.3. The Kier molecular flexibility index (Phi) is 6.10. The van der Waals surface area contributed by atoms with Crippen molar-refractivity contribution in [1.82, 2.24) is 5.32 Å². The van der Waals surface area contributed by atoms with Gasteiger partial charge in [0.15, 0.2) is 0 Å². The van der Waals surface area contributed by atoms with Gasteiger partial charge in [0.25, 0.3) is 0 Å². The predicted molar refractivity (Wildman–Crippen MR) is 89.8 cm³/mol. The minimum absolute atomic E-state index is 0.446. The number of hydrogen-bond acceptors (Lipinski definition) is 2. The monoisotopic (exact) mass is 289 g/mol. The SMILES string of the molecule is CCCOc1ccc(C(NCC)C2(CC)CCCC2)cc1. The van der Waals surface area contributed by atoms with Gasteiger partial charge in [-0.15, -0.1) is 0 Å². The summed E-state index contributed by atoms with van der Waals surface area (Å²) < 4.78 is 5.71. The third-order valence-corrected chi connectivity index (χ3v) is 5.01. The Morgan fingerprint density at radius 3 is 2.29 bits per heavy atom. The highest BCUT2D eigenvalue weighted by Crippen LogP contribution is 2.50. The summed E-state index contributed by atoms with van der Waals surface area (Å²) in [5, 5.41) is 3.75. The van der Waals surface area contributed by atoms with E-state index in [9.17, 15) is 0 Å². The first kappa shape index (κ1) is 16.4. The van der Waals surface area contributed by atoms with Crippen LogP contribution in [0.25, 0.3) is 0 Å². The lowest BCUT2D eigenvalue weighted by Crippen LogP contribution is -2.36. The molecule has 1 aromatic carbocycles. The second-order valence-electron chi connectivity index (χ2n) is 6.33. The van der Waals surface area contributed by atoms with Gasteiger partial charge < -0.3 is 10.1 Å². The first-order valence-electron chi connectivity index (χ1n) is 8.72. The third-order valence-electron chi connectivity index (χ3n) is 5.01. The molecular formula is C19H31NO. The fourth-order valence-corrected chi connectivity index (χ4v) is 3.79. The van der Waals surface area contributed by atoms with E-state index in [1.165, 1.54) is 37.7 Å². The van der Waals surface area contributed by atoms with Crippen molar-refractivity contribution >= 4 is 0 Å². The molecule has 0 aromatic heterocycles. The van der Waals surface area contributed by atoms with Gasteiger partial charge in [-0.2, -0.15) is 0 Å². The maximum atomic E-state index is 5.71. The predicted octanol–water partition coefficient (Wildman–Crippen LogP) is 5.10. The maximum absolute atomic E-state index is 5.71. The molecule has 1 fully saturated rings. The van der Waals surface area contributed by atoms with Gasteiger partial charge in [-0.25, -0.2) is 0 Å². The summed E-state index contributed by atoms with van der Waals surface area (Å²) in [7, 11) is 0. The minimum Gasteiger partial charge on any atom is -0.494 e. The molecule has 1 aliphatic carbocycles. The molecule has 1 atom stereocenters. The zero-order valence-electron chi connectivity index (χ0n) is 14.0.